The summed E-state index contributed by atoms with van der Waals surface area (Å²) in [5.41, 5.74) is 3.53. The van der Waals surface area contributed by atoms with Gasteiger partial charge in [0.1, 0.15) is 11.5 Å². The van der Waals surface area contributed by atoms with E-state index in [1.54, 1.807) is 0 Å². The molecule has 6 N–H and O–H groups in total. The molecule has 7 nitrogen and oxygen atoms in total. The van der Waals surface area contributed by atoms with Crippen LogP contribution in [-0.4, -0.2) is 10.9 Å². The number of benzene rings is 1. The van der Waals surface area contributed by atoms with Crippen molar-refractivity contribution in [2.24, 2.45) is 16.7 Å². The van der Waals surface area contributed by atoms with Crippen LogP contribution in [0.3, 0.4) is 0 Å². The van der Waals surface area contributed by atoms with E-state index in [-0.39, 0.29) is 22.8 Å². The highest BCUT2D eigenvalue weighted by molar-refractivity contribution is 5.98. The summed E-state index contributed by atoms with van der Waals surface area (Å²) in [5.74, 6) is 3.42. The number of hydrogen-bond acceptors (Lipinski definition) is 6. The fraction of sp³-hybridized carbons (Fsp3) is 0. The Morgan fingerprint density at radius 3 is 2.58 bits per heavy atom. The van der Waals surface area contributed by atoms with Crippen molar-refractivity contribution in [3.63, 3.8) is 0 Å². The summed E-state index contributed by atoms with van der Waals surface area (Å²) in [5, 5.41) is 14.8. The largest absolute Gasteiger partial charge is 0.502 e. The lowest BCUT2D eigenvalue weighted by molar-refractivity contribution is 0.466. The number of hydrazone groups is 1. The van der Waals surface area contributed by atoms with E-state index in [4.69, 9.17) is 11.6 Å². The zero-order valence-electron chi connectivity index (χ0n) is 9.48. The smallest absolute Gasteiger partial charge is 0.271 e. The van der Waals surface area contributed by atoms with Gasteiger partial charge in [0.15, 0.2) is 11.6 Å². The molecule has 0 fully saturated rings. The molecule has 0 aromatic heterocycles. The lowest BCUT2D eigenvalue weighted by Gasteiger charge is -2.10. The topological polar surface area (TPSA) is 131 Å². The number of nitrogens with zero attached hydrogens (tertiary/aromatic N) is 1. The van der Waals surface area contributed by atoms with E-state index in [0.717, 1.165) is 6.07 Å². The Kier molecular flexibility index (Phi) is 2.91. The van der Waals surface area contributed by atoms with Gasteiger partial charge < -0.3 is 22.0 Å². The number of anilines is 2. The number of nitrogens with one attached hydrogen (secondary N) is 1. The number of amidine groups is 1. The second kappa shape index (κ2) is 4.41. The maximum absolute atomic E-state index is 13.4. The van der Waals surface area contributed by atoms with Crippen LogP contribution in [0.1, 0.15) is 5.56 Å². The van der Waals surface area contributed by atoms with Gasteiger partial charge in [0.2, 0.25) is 0 Å². The predicted molar refractivity (Wildman–Crippen MR) is 67.6 cm³/mol. The number of halogens is 1. The number of nitrogens with two attached hydrogens (primary N) is 2. The second-order valence-corrected chi connectivity index (χ2v) is 3.72. The fourth-order valence-electron chi connectivity index (χ4n) is 1.51. The molecule has 0 saturated carbocycles. The Balaban J connectivity index is 2.38. The molecule has 0 amide bonds. The number of aromatic hydroxyl groups is 1. The highest BCUT2D eigenvalue weighted by Gasteiger charge is 2.20. The van der Waals surface area contributed by atoms with Gasteiger partial charge in [0.25, 0.3) is 10.9 Å². The van der Waals surface area contributed by atoms with Crippen LogP contribution in [0.15, 0.2) is 32.9 Å². The molecule has 98 valence electrons. The van der Waals surface area contributed by atoms with Crippen LogP contribution >= 0.6 is 0 Å². The zero-order chi connectivity index (χ0) is 14.2. The van der Waals surface area contributed by atoms with Gasteiger partial charge in [-0.15, -0.1) is 0 Å². The van der Waals surface area contributed by atoms with E-state index in [1.807, 2.05) is 0 Å². The van der Waals surface area contributed by atoms with Crippen molar-refractivity contribution < 1.29 is 9.50 Å². The Hall–Kier alpha value is -2.90. The molecular formula is C11H9FN4O3. The maximum atomic E-state index is 13.4. The Morgan fingerprint density at radius 2 is 2.00 bits per heavy atom. The zero-order valence-corrected chi connectivity index (χ0v) is 9.48. The molecule has 2 aromatic carbocycles. The average molecular weight is 264 g/mol. The molecule has 19 heavy (non-hydrogen) atoms. The summed E-state index contributed by atoms with van der Waals surface area (Å²) in [4.78, 5) is 22.0. The second-order valence-electron chi connectivity index (χ2n) is 3.72. The molecule has 0 aliphatic heterocycles. The highest BCUT2D eigenvalue weighted by Crippen LogP contribution is 2.22. The van der Waals surface area contributed by atoms with E-state index >= 15 is 0 Å². The third-order valence-electron chi connectivity index (χ3n) is 2.54. The SMILES string of the molecule is N/N=C(\N)c1cc(Nc2c(O)c(=O)c2=O)ccc1F. The predicted octanol–water partition coefficient (Wildman–Crippen LogP) is -0.550. The molecule has 0 saturated heterocycles. The van der Waals surface area contributed by atoms with E-state index < -0.39 is 22.4 Å². The van der Waals surface area contributed by atoms with Gasteiger partial charge in [-0.2, -0.15) is 5.10 Å². The summed E-state index contributed by atoms with van der Waals surface area (Å²) < 4.78 is 13.4. The number of hydrogen-bond donors (Lipinski definition) is 4. The first-order valence-electron chi connectivity index (χ1n) is 5.08. The lowest BCUT2D eigenvalue weighted by Crippen LogP contribution is -2.32. The molecular weight excluding hydrogens is 255 g/mol. The van der Waals surface area contributed by atoms with Gasteiger partial charge in [0.05, 0.1) is 5.56 Å². The van der Waals surface area contributed by atoms with Crippen molar-refractivity contribution in [1.82, 2.24) is 0 Å². The molecule has 0 spiro atoms. The van der Waals surface area contributed by atoms with Crippen molar-refractivity contribution in [2.75, 3.05) is 5.32 Å². The van der Waals surface area contributed by atoms with Crippen molar-refractivity contribution in [3.05, 3.63) is 50.0 Å². The summed E-state index contributed by atoms with van der Waals surface area (Å²) in [6, 6.07) is 3.63. The monoisotopic (exact) mass is 264 g/mol. The van der Waals surface area contributed by atoms with Crippen LogP contribution in [0.5, 0.6) is 5.75 Å². The van der Waals surface area contributed by atoms with Crippen LogP contribution in [-0.2, 0) is 0 Å². The van der Waals surface area contributed by atoms with Crippen LogP contribution in [0.2, 0.25) is 0 Å². The summed E-state index contributed by atoms with van der Waals surface area (Å²) >= 11 is 0. The van der Waals surface area contributed by atoms with E-state index in [9.17, 15) is 19.1 Å². The fourth-order valence-corrected chi connectivity index (χ4v) is 1.51. The molecule has 0 radical (unpaired) electrons. The number of rotatable bonds is 3. The van der Waals surface area contributed by atoms with Crippen LogP contribution in [0, 0.1) is 5.82 Å². The normalized spacial score (nSPS) is 11.7. The van der Waals surface area contributed by atoms with Crippen molar-refractivity contribution in [1.29, 1.82) is 0 Å². The Bertz CT molecular complexity index is 747. The first-order chi connectivity index (χ1) is 8.95. The minimum Gasteiger partial charge on any atom is -0.502 e. The first kappa shape index (κ1) is 12.6. The molecule has 0 aliphatic rings. The maximum Gasteiger partial charge on any atom is 0.271 e. The summed E-state index contributed by atoms with van der Waals surface area (Å²) in [6.07, 6.45) is 0. The summed E-state index contributed by atoms with van der Waals surface area (Å²) in [7, 11) is 0. The van der Waals surface area contributed by atoms with Gasteiger partial charge in [-0.05, 0) is 18.2 Å². The first-order valence-corrected chi connectivity index (χ1v) is 5.08. The van der Waals surface area contributed by atoms with Crippen LogP contribution < -0.4 is 27.8 Å². The van der Waals surface area contributed by atoms with Crippen LogP contribution in [0.25, 0.3) is 0 Å². The van der Waals surface area contributed by atoms with Gasteiger partial charge in [-0.25, -0.2) is 4.39 Å². The minimum atomic E-state index is -0.965. The molecule has 0 atom stereocenters. The van der Waals surface area contributed by atoms with E-state index in [0.29, 0.717) is 0 Å². The summed E-state index contributed by atoms with van der Waals surface area (Å²) in [6.45, 7) is 0. The molecule has 0 unspecified atom stereocenters. The Morgan fingerprint density at radius 1 is 1.32 bits per heavy atom. The molecule has 2 aromatic rings. The molecule has 8 heteroatoms. The van der Waals surface area contributed by atoms with Gasteiger partial charge in [0, 0.05) is 5.69 Å². The third kappa shape index (κ3) is 1.99. The van der Waals surface area contributed by atoms with Crippen molar-refractivity contribution in [2.45, 2.75) is 0 Å². The quantitative estimate of drug-likeness (QED) is 0.193. The van der Waals surface area contributed by atoms with Gasteiger partial charge in [-0.3, -0.25) is 9.59 Å². The molecule has 0 bridgehead atoms. The van der Waals surface area contributed by atoms with Crippen molar-refractivity contribution in [3.8, 4) is 5.75 Å². The van der Waals surface area contributed by atoms with Gasteiger partial charge >= 0.3 is 0 Å². The lowest BCUT2D eigenvalue weighted by atomic mass is 10.1. The van der Waals surface area contributed by atoms with E-state index in [2.05, 4.69) is 10.4 Å². The van der Waals surface area contributed by atoms with Crippen molar-refractivity contribution >= 4 is 17.2 Å². The molecule has 2 rings (SSSR count). The molecule has 0 aliphatic carbocycles. The standard InChI is InChI=1S/C11H9FN4O3/c12-6-2-1-4(3-5(6)11(13)16-14)15-7-8(17)10(19)9(7)18/h1-3,15,17H,14H2,(H2,13,16). The Labute approximate surface area is 105 Å². The minimum absolute atomic E-state index is 0.0642. The third-order valence-corrected chi connectivity index (χ3v) is 2.54. The van der Waals surface area contributed by atoms with Crippen LogP contribution in [0.4, 0.5) is 15.8 Å². The highest BCUT2D eigenvalue weighted by atomic mass is 19.1. The van der Waals surface area contributed by atoms with E-state index in [1.165, 1.54) is 12.1 Å². The molecule has 0 heterocycles. The van der Waals surface area contributed by atoms with Gasteiger partial charge in [-0.1, -0.05) is 0 Å². The average Bonchev–Trinajstić information content (AvgIpc) is 2.44.